The average molecular weight is 350 g/mol. The molecule has 3 rings (SSSR count). The summed E-state index contributed by atoms with van der Waals surface area (Å²) in [5.41, 5.74) is 1.75. The van der Waals surface area contributed by atoms with Crippen molar-refractivity contribution in [2.24, 2.45) is 0 Å². The van der Waals surface area contributed by atoms with Crippen LogP contribution >= 0.6 is 0 Å². The molecule has 3 aromatic rings. The summed E-state index contributed by atoms with van der Waals surface area (Å²) in [6.07, 6.45) is 0. The summed E-state index contributed by atoms with van der Waals surface area (Å²) in [6, 6.07) is 17.3. The molecule has 2 aromatic carbocycles. The largest absolute Gasteiger partial charge is 0.497 e. The van der Waals surface area contributed by atoms with Gasteiger partial charge >= 0.3 is 0 Å². The number of hydrogen-bond acceptors (Lipinski definition) is 6. The van der Waals surface area contributed by atoms with E-state index in [1.807, 2.05) is 68.4 Å². The Balaban J connectivity index is 1.84. The minimum atomic E-state index is 0.601. The van der Waals surface area contributed by atoms with Crippen LogP contribution in [0, 0.1) is 6.92 Å². The van der Waals surface area contributed by atoms with Gasteiger partial charge in [-0.25, -0.2) is 9.97 Å². The minimum Gasteiger partial charge on any atom is -0.497 e. The smallest absolute Gasteiger partial charge is 0.142 e. The van der Waals surface area contributed by atoms with E-state index in [0.717, 1.165) is 22.9 Å². The average Bonchev–Trinajstić information content (AvgIpc) is 2.63. The highest BCUT2D eigenvalue weighted by atomic mass is 16.5. The van der Waals surface area contributed by atoms with Gasteiger partial charge in [0.2, 0.25) is 0 Å². The number of benzene rings is 2. The second kappa shape index (κ2) is 8.20. The van der Waals surface area contributed by atoms with Gasteiger partial charge in [-0.3, -0.25) is 0 Å². The maximum absolute atomic E-state index is 5.66. The van der Waals surface area contributed by atoms with E-state index < -0.39 is 0 Å². The van der Waals surface area contributed by atoms with Crippen molar-refractivity contribution in [2.75, 3.05) is 24.4 Å². The van der Waals surface area contributed by atoms with Crippen LogP contribution in [-0.4, -0.2) is 23.7 Å². The highest BCUT2D eigenvalue weighted by Crippen LogP contribution is 2.28. The Morgan fingerprint density at radius 3 is 2.46 bits per heavy atom. The number of para-hydroxylation sites is 2. The van der Waals surface area contributed by atoms with E-state index in [1.54, 1.807) is 7.11 Å². The first-order valence-electron chi connectivity index (χ1n) is 8.43. The summed E-state index contributed by atoms with van der Waals surface area (Å²) in [6.45, 7) is 4.42. The molecule has 1 heterocycles. The first-order valence-corrected chi connectivity index (χ1v) is 8.43. The number of nitrogens with one attached hydrogen (secondary N) is 2. The van der Waals surface area contributed by atoms with E-state index in [9.17, 15) is 0 Å². The Hall–Kier alpha value is -3.28. The van der Waals surface area contributed by atoms with Gasteiger partial charge in [-0.1, -0.05) is 18.2 Å². The van der Waals surface area contributed by atoms with Crippen molar-refractivity contribution < 1.29 is 9.47 Å². The lowest BCUT2D eigenvalue weighted by Crippen LogP contribution is -2.03. The van der Waals surface area contributed by atoms with Gasteiger partial charge in [-0.2, -0.15) is 0 Å². The Kier molecular flexibility index (Phi) is 5.53. The van der Waals surface area contributed by atoms with E-state index >= 15 is 0 Å². The number of methoxy groups -OCH3 is 1. The molecule has 2 N–H and O–H groups in total. The molecular formula is C20H22N4O2. The van der Waals surface area contributed by atoms with Crippen molar-refractivity contribution in [2.45, 2.75) is 13.8 Å². The Labute approximate surface area is 153 Å². The second-order valence-corrected chi connectivity index (χ2v) is 5.60. The fourth-order valence-corrected chi connectivity index (χ4v) is 2.53. The SMILES string of the molecule is CCOc1ccccc1Nc1cc(Nc2cccc(OC)c2)nc(C)n1. The van der Waals surface area contributed by atoms with Crippen molar-refractivity contribution >= 4 is 23.0 Å². The Morgan fingerprint density at radius 1 is 0.923 bits per heavy atom. The van der Waals surface area contributed by atoms with Crippen molar-refractivity contribution in [3.63, 3.8) is 0 Å². The summed E-state index contributed by atoms with van der Waals surface area (Å²) in [5, 5.41) is 6.59. The van der Waals surface area contributed by atoms with Crippen LogP contribution < -0.4 is 20.1 Å². The molecule has 0 atom stereocenters. The van der Waals surface area contributed by atoms with Crippen molar-refractivity contribution in [3.05, 3.63) is 60.4 Å². The van der Waals surface area contributed by atoms with Crippen LogP contribution in [0.25, 0.3) is 0 Å². The van der Waals surface area contributed by atoms with Gasteiger partial charge in [0.25, 0.3) is 0 Å². The number of rotatable bonds is 7. The molecule has 6 heteroatoms. The molecule has 0 amide bonds. The maximum Gasteiger partial charge on any atom is 0.142 e. The van der Waals surface area contributed by atoms with Gasteiger partial charge in [0.1, 0.15) is 29.0 Å². The predicted octanol–water partition coefficient (Wildman–Crippen LogP) is 4.68. The summed E-state index contributed by atoms with van der Waals surface area (Å²) >= 11 is 0. The van der Waals surface area contributed by atoms with Gasteiger partial charge in [-0.15, -0.1) is 0 Å². The third-order valence-electron chi connectivity index (χ3n) is 3.63. The van der Waals surface area contributed by atoms with Crippen molar-refractivity contribution in [1.29, 1.82) is 0 Å². The zero-order valence-corrected chi connectivity index (χ0v) is 15.1. The highest BCUT2D eigenvalue weighted by molar-refractivity contribution is 5.67. The molecule has 134 valence electrons. The van der Waals surface area contributed by atoms with Crippen LogP contribution in [0.15, 0.2) is 54.6 Å². The fourth-order valence-electron chi connectivity index (χ4n) is 2.53. The van der Waals surface area contributed by atoms with E-state index in [2.05, 4.69) is 20.6 Å². The zero-order chi connectivity index (χ0) is 18.4. The molecule has 26 heavy (non-hydrogen) atoms. The summed E-state index contributed by atoms with van der Waals surface area (Å²) in [7, 11) is 1.64. The van der Waals surface area contributed by atoms with E-state index in [-0.39, 0.29) is 0 Å². The molecule has 0 unspecified atom stereocenters. The summed E-state index contributed by atoms with van der Waals surface area (Å²) in [4.78, 5) is 8.91. The lowest BCUT2D eigenvalue weighted by Gasteiger charge is -2.13. The van der Waals surface area contributed by atoms with E-state index in [0.29, 0.717) is 24.1 Å². The van der Waals surface area contributed by atoms with Crippen LogP contribution in [0.2, 0.25) is 0 Å². The molecule has 0 aliphatic carbocycles. The minimum absolute atomic E-state index is 0.601. The number of hydrogen-bond donors (Lipinski definition) is 2. The van der Waals surface area contributed by atoms with Gasteiger partial charge in [0.15, 0.2) is 0 Å². The molecule has 1 aromatic heterocycles. The summed E-state index contributed by atoms with van der Waals surface area (Å²) in [5.74, 6) is 3.62. The van der Waals surface area contributed by atoms with Crippen LogP contribution in [0.4, 0.5) is 23.0 Å². The number of aromatic nitrogens is 2. The maximum atomic E-state index is 5.66. The van der Waals surface area contributed by atoms with Gasteiger partial charge in [0, 0.05) is 17.8 Å². The molecular weight excluding hydrogens is 328 g/mol. The number of anilines is 4. The molecule has 0 aliphatic heterocycles. The highest BCUT2D eigenvalue weighted by Gasteiger charge is 2.07. The van der Waals surface area contributed by atoms with Crippen molar-refractivity contribution in [1.82, 2.24) is 9.97 Å². The molecule has 0 aliphatic rings. The normalized spacial score (nSPS) is 10.3. The molecule has 0 saturated carbocycles. The predicted molar refractivity (Wildman–Crippen MR) is 104 cm³/mol. The lowest BCUT2D eigenvalue weighted by molar-refractivity contribution is 0.342. The molecule has 6 nitrogen and oxygen atoms in total. The third-order valence-corrected chi connectivity index (χ3v) is 3.63. The molecule has 0 fully saturated rings. The van der Waals surface area contributed by atoms with E-state index in [4.69, 9.17) is 9.47 Å². The Bertz CT molecular complexity index is 883. The first kappa shape index (κ1) is 17.5. The topological polar surface area (TPSA) is 68.3 Å². The molecule has 0 bridgehead atoms. The zero-order valence-electron chi connectivity index (χ0n) is 15.1. The first-order chi connectivity index (χ1) is 12.7. The monoisotopic (exact) mass is 350 g/mol. The molecule has 0 radical (unpaired) electrons. The van der Waals surface area contributed by atoms with Crippen LogP contribution in [0.3, 0.4) is 0 Å². The Morgan fingerprint density at radius 2 is 1.69 bits per heavy atom. The van der Waals surface area contributed by atoms with Gasteiger partial charge in [0.05, 0.1) is 19.4 Å². The fraction of sp³-hybridized carbons (Fsp3) is 0.200. The number of ether oxygens (including phenoxy) is 2. The second-order valence-electron chi connectivity index (χ2n) is 5.60. The van der Waals surface area contributed by atoms with Gasteiger partial charge < -0.3 is 20.1 Å². The molecule has 0 saturated heterocycles. The van der Waals surface area contributed by atoms with Crippen molar-refractivity contribution in [3.8, 4) is 11.5 Å². The number of aryl methyl sites for hydroxylation is 1. The quantitative estimate of drug-likeness (QED) is 0.645. The van der Waals surface area contributed by atoms with Crippen LogP contribution in [0.1, 0.15) is 12.7 Å². The lowest BCUT2D eigenvalue weighted by atomic mass is 10.3. The number of nitrogens with zero attached hydrogens (tertiary/aromatic N) is 2. The molecule has 0 spiro atoms. The summed E-state index contributed by atoms with van der Waals surface area (Å²) < 4.78 is 10.9. The third kappa shape index (κ3) is 4.42. The van der Waals surface area contributed by atoms with Crippen LogP contribution in [0.5, 0.6) is 11.5 Å². The van der Waals surface area contributed by atoms with Gasteiger partial charge in [-0.05, 0) is 38.1 Å². The van der Waals surface area contributed by atoms with E-state index in [1.165, 1.54) is 0 Å². The standard InChI is InChI=1S/C20H22N4O2/c1-4-26-18-11-6-5-10-17(18)24-20-13-19(21-14(2)22-20)23-15-8-7-9-16(12-15)25-3/h5-13H,4H2,1-3H3,(H2,21,22,23,24). The van der Waals surface area contributed by atoms with Crippen LogP contribution in [-0.2, 0) is 0 Å².